The third kappa shape index (κ3) is 2.55. The molecule has 8 heteroatoms. The number of hydrogen-bond acceptors (Lipinski definition) is 6. The summed E-state index contributed by atoms with van der Waals surface area (Å²) in [5.74, 6) is 1.46. The molecule has 0 saturated carbocycles. The normalized spacial score (nSPS) is 13.0. The molecule has 26 heavy (non-hydrogen) atoms. The van der Waals surface area contributed by atoms with Crippen molar-refractivity contribution in [2.45, 2.75) is 6.54 Å². The molecule has 0 atom stereocenters. The van der Waals surface area contributed by atoms with Gasteiger partial charge in [0.2, 0.25) is 0 Å². The second-order valence-corrected chi connectivity index (χ2v) is 5.87. The number of rotatable bonds is 4. The molecule has 4 heterocycles. The van der Waals surface area contributed by atoms with E-state index in [4.69, 9.17) is 9.47 Å². The molecule has 0 saturated heterocycles. The first kappa shape index (κ1) is 16.1. The molecule has 3 aromatic heterocycles. The summed E-state index contributed by atoms with van der Waals surface area (Å²) >= 11 is 0. The number of methoxy groups -OCH3 is 2. The number of fused-ring (bicyclic) bond motifs is 1. The van der Waals surface area contributed by atoms with Gasteiger partial charge in [0.15, 0.2) is 11.6 Å². The zero-order chi connectivity index (χ0) is 18.3. The molecular weight excluding hydrogens is 334 g/mol. The quantitative estimate of drug-likeness (QED) is 0.715. The third-order valence-corrected chi connectivity index (χ3v) is 4.26. The Hall–Kier alpha value is -3.42. The van der Waals surface area contributed by atoms with Crippen molar-refractivity contribution in [3.05, 3.63) is 47.9 Å². The highest BCUT2D eigenvalue weighted by Crippen LogP contribution is 2.31. The first-order chi connectivity index (χ1) is 12.6. The predicted molar refractivity (Wildman–Crippen MR) is 94.3 cm³/mol. The lowest BCUT2D eigenvalue weighted by molar-refractivity contribution is 0.0996. The van der Waals surface area contributed by atoms with E-state index in [2.05, 4.69) is 15.1 Å². The largest absolute Gasteiger partial charge is 0.491 e. The Morgan fingerprint density at radius 1 is 1.15 bits per heavy atom. The van der Waals surface area contributed by atoms with Crippen LogP contribution >= 0.6 is 0 Å². The van der Waals surface area contributed by atoms with Crippen molar-refractivity contribution in [3.63, 3.8) is 0 Å². The second-order valence-electron chi connectivity index (χ2n) is 5.87. The Kier molecular flexibility index (Phi) is 3.80. The molecule has 0 unspecified atom stereocenters. The molecule has 1 amide bonds. The average molecular weight is 351 g/mol. The van der Waals surface area contributed by atoms with E-state index in [1.165, 1.54) is 7.11 Å². The molecule has 0 fully saturated rings. The fraction of sp³-hybridized carbons (Fsp3) is 0.222. The summed E-state index contributed by atoms with van der Waals surface area (Å²) in [4.78, 5) is 23.1. The van der Waals surface area contributed by atoms with Gasteiger partial charge in [-0.3, -0.25) is 19.4 Å². The molecule has 8 nitrogen and oxygen atoms in total. The van der Waals surface area contributed by atoms with Gasteiger partial charge < -0.3 is 9.47 Å². The van der Waals surface area contributed by atoms with Gasteiger partial charge in [0.05, 0.1) is 37.7 Å². The van der Waals surface area contributed by atoms with Gasteiger partial charge >= 0.3 is 0 Å². The van der Waals surface area contributed by atoms with Gasteiger partial charge in [-0.15, -0.1) is 0 Å². The van der Waals surface area contributed by atoms with E-state index in [1.54, 1.807) is 35.2 Å². The number of aromatic nitrogens is 4. The molecule has 0 radical (unpaired) electrons. The van der Waals surface area contributed by atoms with Gasteiger partial charge in [0.25, 0.3) is 11.8 Å². The number of pyridine rings is 2. The Bertz CT molecular complexity index is 998. The van der Waals surface area contributed by atoms with E-state index < -0.39 is 0 Å². The summed E-state index contributed by atoms with van der Waals surface area (Å²) in [6.07, 6.45) is 3.48. The van der Waals surface area contributed by atoms with Crippen molar-refractivity contribution < 1.29 is 14.3 Å². The van der Waals surface area contributed by atoms with Crippen LogP contribution in [0.1, 0.15) is 16.1 Å². The number of anilines is 1. The fourth-order valence-electron chi connectivity index (χ4n) is 2.95. The summed E-state index contributed by atoms with van der Waals surface area (Å²) in [5.41, 5.74) is 2.81. The monoisotopic (exact) mass is 351 g/mol. The molecule has 4 rings (SSSR count). The Balaban J connectivity index is 1.69. The van der Waals surface area contributed by atoms with Crippen LogP contribution in [0.3, 0.4) is 0 Å². The van der Waals surface area contributed by atoms with Crippen molar-refractivity contribution in [1.29, 1.82) is 0 Å². The van der Waals surface area contributed by atoms with Crippen molar-refractivity contribution in [1.82, 2.24) is 19.7 Å². The van der Waals surface area contributed by atoms with E-state index in [0.717, 1.165) is 5.56 Å². The topological polar surface area (TPSA) is 82.4 Å². The minimum absolute atomic E-state index is 0.0943. The number of ether oxygens (including phenoxy) is 2. The maximum absolute atomic E-state index is 12.6. The molecule has 0 aromatic carbocycles. The summed E-state index contributed by atoms with van der Waals surface area (Å²) in [5, 5.41) is 4.30. The number of nitrogens with zero attached hydrogens (tertiary/aromatic N) is 5. The Labute approximate surface area is 150 Å². The molecule has 0 aliphatic carbocycles. The molecular formula is C18H17N5O3. The number of carbonyl (C=O) groups is 1. The maximum Gasteiger partial charge on any atom is 0.261 e. The minimum Gasteiger partial charge on any atom is -0.491 e. The Morgan fingerprint density at radius 2 is 2.00 bits per heavy atom. The number of amides is 1. The summed E-state index contributed by atoms with van der Waals surface area (Å²) in [6, 6.07) is 7.22. The van der Waals surface area contributed by atoms with Crippen molar-refractivity contribution in [2.75, 3.05) is 19.1 Å². The van der Waals surface area contributed by atoms with Gasteiger partial charge in [0, 0.05) is 31.1 Å². The van der Waals surface area contributed by atoms with Gasteiger partial charge in [0.1, 0.15) is 0 Å². The van der Waals surface area contributed by atoms with Crippen LogP contribution in [0.2, 0.25) is 0 Å². The van der Waals surface area contributed by atoms with Crippen molar-refractivity contribution in [3.8, 4) is 22.9 Å². The van der Waals surface area contributed by atoms with Crippen LogP contribution in [-0.4, -0.2) is 39.9 Å². The molecule has 0 spiro atoms. The highest BCUT2D eigenvalue weighted by molar-refractivity contribution is 6.09. The van der Waals surface area contributed by atoms with E-state index in [1.807, 2.05) is 25.2 Å². The van der Waals surface area contributed by atoms with Crippen LogP contribution in [0.5, 0.6) is 11.6 Å². The first-order valence-electron chi connectivity index (χ1n) is 8.00. The highest BCUT2D eigenvalue weighted by Gasteiger charge is 2.31. The van der Waals surface area contributed by atoms with Gasteiger partial charge in [-0.1, -0.05) is 0 Å². The predicted octanol–water partition coefficient (Wildman–Crippen LogP) is 2.05. The zero-order valence-electron chi connectivity index (χ0n) is 14.6. The van der Waals surface area contributed by atoms with Crippen LogP contribution in [0, 0.1) is 0 Å². The highest BCUT2D eigenvalue weighted by atomic mass is 16.5. The van der Waals surface area contributed by atoms with Gasteiger partial charge in [-0.2, -0.15) is 5.10 Å². The van der Waals surface area contributed by atoms with E-state index >= 15 is 0 Å². The first-order valence-corrected chi connectivity index (χ1v) is 8.00. The lowest BCUT2D eigenvalue weighted by atomic mass is 10.1. The van der Waals surface area contributed by atoms with Crippen LogP contribution in [-0.2, 0) is 13.6 Å². The van der Waals surface area contributed by atoms with Gasteiger partial charge in [-0.25, -0.2) is 4.98 Å². The van der Waals surface area contributed by atoms with E-state index in [-0.39, 0.29) is 5.91 Å². The van der Waals surface area contributed by atoms with Crippen LogP contribution in [0.25, 0.3) is 11.3 Å². The van der Waals surface area contributed by atoms with Crippen LogP contribution in [0.15, 0.2) is 36.7 Å². The van der Waals surface area contributed by atoms with E-state index in [9.17, 15) is 4.79 Å². The summed E-state index contributed by atoms with van der Waals surface area (Å²) in [6.45, 7) is 0.389. The second kappa shape index (κ2) is 6.14. The maximum atomic E-state index is 12.6. The standard InChI is InChI=1S/C18H17N5O3/c1-22-7-6-16(21-22)23-10-14-12(18(23)24)4-5-13(20-14)11-8-15(25-2)17(26-3)19-9-11/h4-9H,10H2,1-3H3. The van der Waals surface area contributed by atoms with Crippen LogP contribution < -0.4 is 14.4 Å². The average Bonchev–Trinajstić information content (AvgIpc) is 3.24. The zero-order valence-corrected chi connectivity index (χ0v) is 14.6. The molecule has 132 valence electrons. The smallest absolute Gasteiger partial charge is 0.261 e. The van der Waals surface area contributed by atoms with Crippen molar-refractivity contribution >= 4 is 11.7 Å². The lowest BCUT2D eigenvalue weighted by Crippen LogP contribution is -2.23. The van der Waals surface area contributed by atoms with Crippen molar-refractivity contribution in [2.24, 2.45) is 7.05 Å². The fourth-order valence-corrected chi connectivity index (χ4v) is 2.95. The third-order valence-electron chi connectivity index (χ3n) is 4.26. The molecule has 0 bridgehead atoms. The minimum atomic E-state index is -0.0943. The molecule has 1 aliphatic rings. The van der Waals surface area contributed by atoms with Crippen LogP contribution in [0.4, 0.5) is 5.82 Å². The summed E-state index contributed by atoms with van der Waals surface area (Å²) < 4.78 is 12.1. The molecule has 0 N–H and O–H groups in total. The molecule has 1 aliphatic heterocycles. The number of carbonyl (C=O) groups excluding carboxylic acids is 1. The lowest BCUT2D eigenvalue weighted by Gasteiger charge is -2.10. The SMILES string of the molecule is COc1cc(-c2ccc3c(n2)CN(c2ccn(C)n2)C3=O)cnc1OC. The molecule has 3 aromatic rings. The number of hydrogen-bond donors (Lipinski definition) is 0. The van der Waals surface area contributed by atoms with Gasteiger partial charge in [-0.05, 0) is 18.2 Å². The number of aryl methyl sites for hydroxylation is 1. The summed E-state index contributed by atoms with van der Waals surface area (Å²) in [7, 11) is 4.91. The van der Waals surface area contributed by atoms with E-state index in [0.29, 0.717) is 40.9 Å². The Morgan fingerprint density at radius 3 is 2.69 bits per heavy atom.